The minimum absolute atomic E-state index is 0.0237. The maximum Gasteiger partial charge on any atom is 0.226 e. The van der Waals surface area contributed by atoms with Crippen molar-refractivity contribution >= 4 is 27.5 Å². The van der Waals surface area contributed by atoms with Crippen LogP contribution in [0.1, 0.15) is 36.6 Å². The maximum absolute atomic E-state index is 13.4. The van der Waals surface area contributed by atoms with Crippen LogP contribution in [-0.2, 0) is 4.79 Å². The number of thiazole rings is 1. The van der Waals surface area contributed by atoms with Gasteiger partial charge in [-0.05, 0) is 49.7 Å². The third-order valence-corrected chi connectivity index (χ3v) is 7.77. The van der Waals surface area contributed by atoms with Gasteiger partial charge in [0.05, 0.1) is 21.1 Å². The Bertz CT molecular complexity index is 827. The molecule has 5 heteroatoms. The first-order chi connectivity index (χ1) is 12.7. The molecule has 2 heterocycles. The summed E-state index contributed by atoms with van der Waals surface area (Å²) in [6.45, 7) is 1.77. The van der Waals surface area contributed by atoms with Gasteiger partial charge >= 0.3 is 0 Å². The van der Waals surface area contributed by atoms with Gasteiger partial charge in [0, 0.05) is 25.0 Å². The molecule has 1 aromatic heterocycles. The van der Waals surface area contributed by atoms with Crippen LogP contribution in [0.4, 0.5) is 0 Å². The zero-order valence-electron chi connectivity index (χ0n) is 14.9. The van der Waals surface area contributed by atoms with E-state index in [9.17, 15) is 4.79 Å². The van der Waals surface area contributed by atoms with Crippen LogP contribution in [0.15, 0.2) is 36.4 Å². The molecule has 2 fully saturated rings. The highest BCUT2D eigenvalue weighted by molar-refractivity contribution is 7.18. The summed E-state index contributed by atoms with van der Waals surface area (Å²) in [6.07, 6.45) is 8.44. The van der Waals surface area contributed by atoms with Crippen LogP contribution in [-0.4, -0.2) is 34.9 Å². The second-order valence-electron chi connectivity index (χ2n) is 8.08. The molecule has 136 valence electrons. The number of hydrogen-bond donors (Lipinski definition) is 1. The summed E-state index contributed by atoms with van der Waals surface area (Å²) >= 11 is 1.75. The fraction of sp³-hybridized carbons (Fsp3) is 0.524. The van der Waals surface area contributed by atoms with E-state index in [2.05, 4.69) is 35.3 Å². The number of carbonyl (C=O) groups is 1. The van der Waals surface area contributed by atoms with Crippen LogP contribution in [0.3, 0.4) is 0 Å². The highest BCUT2D eigenvalue weighted by atomic mass is 32.1. The Kier molecular flexibility index (Phi) is 4.09. The Morgan fingerprint density at radius 2 is 2.00 bits per heavy atom. The Morgan fingerprint density at radius 3 is 2.85 bits per heavy atom. The van der Waals surface area contributed by atoms with Crippen molar-refractivity contribution in [2.45, 2.75) is 37.6 Å². The number of nitrogens with two attached hydrogens (primary N) is 1. The first-order valence-electron chi connectivity index (χ1n) is 9.75. The average Bonchev–Trinajstić information content (AvgIpc) is 3.36. The molecule has 1 saturated carbocycles. The van der Waals surface area contributed by atoms with E-state index in [1.165, 1.54) is 11.1 Å². The van der Waals surface area contributed by atoms with Crippen molar-refractivity contribution < 1.29 is 4.79 Å². The number of amides is 1. The molecule has 2 aliphatic carbocycles. The first kappa shape index (κ1) is 16.5. The highest BCUT2D eigenvalue weighted by Crippen LogP contribution is 2.42. The molecule has 5 rings (SSSR count). The molecule has 1 amide bonds. The van der Waals surface area contributed by atoms with E-state index in [0.29, 0.717) is 17.7 Å². The molecule has 5 atom stereocenters. The molecule has 1 aliphatic heterocycles. The van der Waals surface area contributed by atoms with Gasteiger partial charge in [-0.25, -0.2) is 4.98 Å². The van der Waals surface area contributed by atoms with E-state index in [1.54, 1.807) is 11.3 Å². The molecule has 26 heavy (non-hydrogen) atoms. The van der Waals surface area contributed by atoms with E-state index < -0.39 is 0 Å². The number of fused-ring (bicyclic) bond motifs is 2. The van der Waals surface area contributed by atoms with Gasteiger partial charge < -0.3 is 10.6 Å². The number of aromatic nitrogens is 1. The molecule has 5 unspecified atom stereocenters. The lowest BCUT2D eigenvalue weighted by molar-refractivity contribution is -0.135. The Labute approximate surface area is 158 Å². The van der Waals surface area contributed by atoms with Crippen molar-refractivity contribution in [2.24, 2.45) is 23.5 Å². The molecule has 2 N–H and O–H groups in total. The van der Waals surface area contributed by atoms with Gasteiger partial charge in [0.1, 0.15) is 0 Å². The van der Waals surface area contributed by atoms with Crippen LogP contribution < -0.4 is 5.73 Å². The van der Waals surface area contributed by atoms with Crippen molar-refractivity contribution in [3.8, 4) is 0 Å². The van der Waals surface area contributed by atoms with Crippen LogP contribution in [0, 0.1) is 17.8 Å². The summed E-state index contributed by atoms with van der Waals surface area (Å²) in [5, 5.41) is 1.12. The van der Waals surface area contributed by atoms with Crippen molar-refractivity contribution in [3.05, 3.63) is 41.4 Å². The molecule has 4 nitrogen and oxygen atoms in total. The van der Waals surface area contributed by atoms with Crippen LogP contribution in [0.25, 0.3) is 10.2 Å². The van der Waals surface area contributed by atoms with Crippen molar-refractivity contribution in [1.82, 2.24) is 9.88 Å². The minimum Gasteiger partial charge on any atom is -0.342 e. The number of carbonyl (C=O) groups excluding carboxylic acids is 1. The summed E-state index contributed by atoms with van der Waals surface area (Å²) in [5.74, 6) is 1.68. The van der Waals surface area contributed by atoms with Gasteiger partial charge in [-0.1, -0.05) is 24.3 Å². The summed E-state index contributed by atoms with van der Waals surface area (Å²) in [5.41, 5.74) is 7.32. The van der Waals surface area contributed by atoms with E-state index >= 15 is 0 Å². The zero-order valence-corrected chi connectivity index (χ0v) is 15.7. The normalized spacial score (nSPS) is 33.7. The van der Waals surface area contributed by atoms with Gasteiger partial charge in [-0.2, -0.15) is 0 Å². The van der Waals surface area contributed by atoms with Gasteiger partial charge in [-0.15, -0.1) is 11.3 Å². The second-order valence-corrected chi connectivity index (χ2v) is 9.15. The number of hydrogen-bond acceptors (Lipinski definition) is 4. The summed E-state index contributed by atoms with van der Waals surface area (Å²) in [7, 11) is 0. The van der Waals surface area contributed by atoms with Gasteiger partial charge in [0.15, 0.2) is 0 Å². The van der Waals surface area contributed by atoms with E-state index in [1.807, 2.05) is 6.07 Å². The molecule has 0 radical (unpaired) electrons. The third kappa shape index (κ3) is 2.69. The van der Waals surface area contributed by atoms with Crippen LogP contribution >= 0.6 is 11.3 Å². The molecular formula is C21H25N3OS. The topological polar surface area (TPSA) is 59.2 Å². The molecule has 3 aliphatic rings. The molecule has 2 aromatic rings. The van der Waals surface area contributed by atoms with Crippen LogP contribution in [0.2, 0.25) is 0 Å². The summed E-state index contributed by atoms with van der Waals surface area (Å²) < 4.78 is 1.21. The predicted octanol–water partition coefficient (Wildman–Crippen LogP) is 3.54. The largest absolute Gasteiger partial charge is 0.342 e. The standard InChI is InChI=1S/C21H25N3OS/c22-17-10-9-13-11-24(12-16(13)17)21(25)15-6-2-1-5-14(15)20-23-18-7-3-4-8-19(18)26-20/h1-4,7-8,13-17H,5-6,9-12,22H2. The van der Waals surface area contributed by atoms with Gasteiger partial charge in [-0.3, -0.25) is 4.79 Å². The number of rotatable bonds is 2. The second kappa shape index (κ2) is 6.46. The Morgan fingerprint density at radius 1 is 1.15 bits per heavy atom. The summed E-state index contributed by atoms with van der Waals surface area (Å²) in [6, 6.07) is 8.55. The van der Waals surface area contributed by atoms with Crippen molar-refractivity contribution in [3.63, 3.8) is 0 Å². The number of para-hydroxylation sites is 1. The Balaban J connectivity index is 1.40. The number of likely N-dealkylation sites (tertiary alicyclic amines) is 1. The van der Waals surface area contributed by atoms with Crippen molar-refractivity contribution in [1.29, 1.82) is 0 Å². The number of allylic oxidation sites excluding steroid dienone is 2. The number of nitrogens with zero attached hydrogens (tertiary/aromatic N) is 2. The third-order valence-electron chi connectivity index (χ3n) is 6.60. The predicted molar refractivity (Wildman–Crippen MR) is 105 cm³/mol. The smallest absolute Gasteiger partial charge is 0.226 e. The molecule has 0 spiro atoms. The van der Waals surface area contributed by atoms with E-state index in [0.717, 1.165) is 42.9 Å². The molecule has 0 bridgehead atoms. The average molecular weight is 368 g/mol. The lowest BCUT2D eigenvalue weighted by atomic mass is 9.82. The summed E-state index contributed by atoms with van der Waals surface area (Å²) in [4.78, 5) is 20.3. The fourth-order valence-electron chi connectivity index (χ4n) is 5.13. The highest BCUT2D eigenvalue weighted by Gasteiger charge is 2.45. The SMILES string of the molecule is NC1CCC2CN(C(=O)C3CC=CCC3c3nc4ccccc4s3)CC12. The fourth-order valence-corrected chi connectivity index (χ4v) is 6.28. The lowest BCUT2D eigenvalue weighted by Gasteiger charge is -2.30. The quantitative estimate of drug-likeness (QED) is 0.826. The van der Waals surface area contributed by atoms with Gasteiger partial charge in [0.25, 0.3) is 0 Å². The minimum atomic E-state index is 0.0237. The molecule has 1 saturated heterocycles. The van der Waals surface area contributed by atoms with Crippen LogP contribution in [0.5, 0.6) is 0 Å². The lowest BCUT2D eigenvalue weighted by Crippen LogP contribution is -2.39. The Hall–Kier alpha value is -1.72. The van der Waals surface area contributed by atoms with Crippen molar-refractivity contribution in [2.75, 3.05) is 13.1 Å². The van der Waals surface area contributed by atoms with E-state index in [4.69, 9.17) is 10.7 Å². The first-order valence-corrected chi connectivity index (χ1v) is 10.6. The monoisotopic (exact) mass is 367 g/mol. The van der Waals surface area contributed by atoms with E-state index in [-0.39, 0.29) is 17.9 Å². The van der Waals surface area contributed by atoms with Gasteiger partial charge in [0.2, 0.25) is 5.91 Å². The number of benzene rings is 1. The molecular weight excluding hydrogens is 342 g/mol. The zero-order chi connectivity index (χ0) is 17.7. The maximum atomic E-state index is 13.4. The molecule has 1 aromatic carbocycles.